The summed E-state index contributed by atoms with van der Waals surface area (Å²) in [4.78, 5) is 12.6. The van der Waals surface area contributed by atoms with Gasteiger partial charge in [0.2, 0.25) is 5.91 Å². The summed E-state index contributed by atoms with van der Waals surface area (Å²) >= 11 is 3.30. The number of carbonyl (C=O) groups excluding carboxylic acids is 1. The average molecular weight is 258 g/mol. The van der Waals surface area contributed by atoms with E-state index in [2.05, 4.69) is 12.2 Å². The Kier molecular flexibility index (Phi) is 6.52. The molecule has 90 valence electrons. The van der Waals surface area contributed by atoms with Gasteiger partial charge in [-0.3, -0.25) is 4.79 Å². The van der Waals surface area contributed by atoms with Crippen LogP contribution in [-0.4, -0.2) is 24.0 Å². The molecule has 0 spiro atoms. The van der Waals surface area contributed by atoms with E-state index in [-0.39, 0.29) is 5.91 Å². The maximum atomic E-state index is 11.4. The average Bonchev–Trinajstić information content (AvgIpc) is 2.79. The summed E-state index contributed by atoms with van der Waals surface area (Å²) in [6.45, 7) is 3.42. The summed E-state index contributed by atoms with van der Waals surface area (Å²) < 4.78 is 0. The van der Waals surface area contributed by atoms with Gasteiger partial charge in [0.05, 0.1) is 12.3 Å². The highest BCUT2D eigenvalue weighted by atomic mass is 32.2. The fourth-order valence-corrected chi connectivity index (χ4v) is 2.66. The van der Waals surface area contributed by atoms with Crippen LogP contribution < -0.4 is 11.1 Å². The van der Waals surface area contributed by atoms with E-state index >= 15 is 0 Å². The van der Waals surface area contributed by atoms with Crippen molar-refractivity contribution in [3.63, 3.8) is 0 Å². The SMILES string of the molecule is CC(CN)CSCC(=O)NCc1cccs1. The zero-order chi connectivity index (χ0) is 11.8. The minimum Gasteiger partial charge on any atom is -0.350 e. The summed E-state index contributed by atoms with van der Waals surface area (Å²) in [5.41, 5.74) is 5.50. The second-order valence-corrected chi connectivity index (χ2v) is 5.77. The monoisotopic (exact) mass is 258 g/mol. The zero-order valence-corrected chi connectivity index (χ0v) is 11.1. The number of thiophene rings is 1. The Morgan fingerprint density at radius 3 is 3.12 bits per heavy atom. The zero-order valence-electron chi connectivity index (χ0n) is 9.44. The molecule has 1 rings (SSSR count). The first-order chi connectivity index (χ1) is 7.72. The third-order valence-corrected chi connectivity index (χ3v) is 4.23. The molecule has 3 nitrogen and oxygen atoms in total. The number of rotatable bonds is 7. The summed E-state index contributed by atoms with van der Waals surface area (Å²) in [5, 5.41) is 4.91. The van der Waals surface area contributed by atoms with E-state index in [9.17, 15) is 4.79 Å². The molecule has 1 atom stereocenters. The summed E-state index contributed by atoms with van der Waals surface area (Å²) in [6.07, 6.45) is 0. The van der Waals surface area contributed by atoms with E-state index in [1.165, 1.54) is 4.88 Å². The summed E-state index contributed by atoms with van der Waals surface area (Å²) in [6, 6.07) is 4.01. The van der Waals surface area contributed by atoms with Crippen molar-refractivity contribution >= 4 is 29.0 Å². The maximum Gasteiger partial charge on any atom is 0.230 e. The molecule has 0 radical (unpaired) electrons. The van der Waals surface area contributed by atoms with Crippen molar-refractivity contribution in [2.45, 2.75) is 13.5 Å². The number of hydrogen-bond donors (Lipinski definition) is 2. The fourth-order valence-electron chi connectivity index (χ4n) is 1.07. The number of nitrogens with two attached hydrogens (primary N) is 1. The Hall–Kier alpha value is -0.520. The highest BCUT2D eigenvalue weighted by Crippen LogP contribution is 2.09. The lowest BCUT2D eigenvalue weighted by Gasteiger charge is -2.07. The lowest BCUT2D eigenvalue weighted by molar-refractivity contribution is -0.118. The van der Waals surface area contributed by atoms with E-state index < -0.39 is 0 Å². The van der Waals surface area contributed by atoms with Crippen molar-refractivity contribution in [3.8, 4) is 0 Å². The largest absolute Gasteiger partial charge is 0.350 e. The molecular formula is C11H18N2OS2. The molecule has 1 amide bonds. The van der Waals surface area contributed by atoms with Gasteiger partial charge >= 0.3 is 0 Å². The Morgan fingerprint density at radius 1 is 1.69 bits per heavy atom. The van der Waals surface area contributed by atoms with Crippen molar-refractivity contribution in [3.05, 3.63) is 22.4 Å². The van der Waals surface area contributed by atoms with E-state index in [1.807, 2.05) is 17.5 Å². The Labute approximate surface area is 105 Å². The van der Waals surface area contributed by atoms with Crippen LogP contribution in [0.5, 0.6) is 0 Å². The molecule has 1 aromatic heterocycles. The van der Waals surface area contributed by atoms with Crippen LogP contribution in [0, 0.1) is 5.92 Å². The van der Waals surface area contributed by atoms with Crippen LogP contribution in [0.15, 0.2) is 17.5 Å². The van der Waals surface area contributed by atoms with Crippen molar-refractivity contribution < 1.29 is 4.79 Å². The van der Waals surface area contributed by atoms with Crippen LogP contribution in [0.3, 0.4) is 0 Å². The van der Waals surface area contributed by atoms with Crippen LogP contribution in [0.4, 0.5) is 0 Å². The second kappa shape index (κ2) is 7.70. The van der Waals surface area contributed by atoms with Crippen molar-refractivity contribution in [2.24, 2.45) is 11.7 Å². The molecule has 1 unspecified atom stereocenters. The normalized spacial score (nSPS) is 12.4. The van der Waals surface area contributed by atoms with Crippen molar-refractivity contribution in [1.29, 1.82) is 0 Å². The lowest BCUT2D eigenvalue weighted by atomic mass is 10.2. The molecule has 0 saturated carbocycles. The van der Waals surface area contributed by atoms with E-state index in [4.69, 9.17) is 5.73 Å². The topological polar surface area (TPSA) is 55.1 Å². The molecule has 16 heavy (non-hydrogen) atoms. The smallest absolute Gasteiger partial charge is 0.230 e. The molecule has 0 aliphatic carbocycles. The van der Waals surface area contributed by atoms with Crippen molar-refractivity contribution in [2.75, 3.05) is 18.1 Å². The molecule has 5 heteroatoms. The van der Waals surface area contributed by atoms with Gasteiger partial charge in [0.15, 0.2) is 0 Å². The molecule has 0 saturated heterocycles. The number of hydrogen-bond acceptors (Lipinski definition) is 4. The van der Waals surface area contributed by atoms with Gasteiger partial charge in [0, 0.05) is 4.88 Å². The molecule has 0 fully saturated rings. The van der Waals surface area contributed by atoms with Crippen LogP contribution in [0.25, 0.3) is 0 Å². The third kappa shape index (κ3) is 5.53. The summed E-state index contributed by atoms with van der Waals surface area (Å²) in [7, 11) is 0. The predicted molar refractivity (Wildman–Crippen MR) is 71.7 cm³/mol. The number of nitrogens with one attached hydrogen (secondary N) is 1. The molecule has 0 bridgehead atoms. The minimum absolute atomic E-state index is 0.0996. The molecule has 3 N–H and O–H groups in total. The lowest BCUT2D eigenvalue weighted by Crippen LogP contribution is -2.25. The molecular weight excluding hydrogens is 240 g/mol. The first-order valence-corrected chi connectivity index (χ1v) is 7.32. The van der Waals surface area contributed by atoms with Gasteiger partial charge in [0.25, 0.3) is 0 Å². The van der Waals surface area contributed by atoms with E-state index in [0.717, 1.165) is 5.75 Å². The predicted octanol–water partition coefficient (Wildman–Crippen LogP) is 1.69. The van der Waals surface area contributed by atoms with Gasteiger partial charge in [-0.15, -0.1) is 11.3 Å². The molecule has 0 aliphatic heterocycles. The van der Waals surface area contributed by atoms with Crippen LogP contribution in [-0.2, 0) is 11.3 Å². The third-order valence-electron chi connectivity index (χ3n) is 2.08. The Balaban J connectivity index is 2.07. The van der Waals surface area contributed by atoms with Crippen LogP contribution in [0.1, 0.15) is 11.8 Å². The molecule has 0 aliphatic rings. The molecule has 1 heterocycles. The first kappa shape index (κ1) is 13.5. The van der Waals surface area contributed by atoms with Crippen LogP contribution >= 0.6 is 23.1 Å². The highest BCUT2D eigenvalue weighted by Gasteiger charge is 2.04. The molecule has 0 aromatic carbocycles. The summed E-state index contributed by atoms with van der Waals surface area (Å²) in [5.74, 6) is 2.05. The molecule has 1 aromatic rings. The van der Waals surface area contributed by atoms with Gasteiger partial charge < -0.3 is 11.1 Å². The van der Waals surface area contributed by atoms with Gasteiger partial charge in [0.1, 0.15) is 0 Å². The standard InChI is InChI=1S/C11H18N2OS2/c1-9(5-12)7-15-8-11(14)13-6-10-3-2-4-16-10/h2-4,9H,5-8,12H2,1H3,(H,13,14). The number of carbonyl (C=O) groups is 1. The highest BCUT2D eigenvalue weighted by molar-refractivity contribution is 7.99. The Morgan fingerprint density at radius 2 is 2.50 bits per heavy atom. The number of thioether (sulfide) groups is 1. The Bertz CT molecular complexity index is 301. The fraction of sp³-hybridized carbons (Fsp3) is 0.545. The van der Waals surface area contributed by atoms with E-state index in [1.54, 1.807) is 23.1 Å². The quantitative estimate of drug-likeness (QED) is 0.782. The first-order valence-electron chi connectivity index (χ1n) is 5.29. The van der Waals surface area contributed by atoms with Gasteiger partial charge in [-0.05, 0) is 29.7 Å². The van der Waals surface area contributed by atoms with Gasteiger partial charge in [-0.25, -0.2) is 0 Å². The minimum atomic E-state index is 0.0996. The van der Waals surface area contributed by atoms with Crippen molar-refractivity contribution in [1.82, 2.24) is 5.32 Å². The van der Waals surface area contributed by atoms with E-state index in [0.29, 0.717) is 24.8 Å². The number of amides is 1. The maximum absolute atomic E-state index is 11.4. The van der Waals surface area contributed by atoms with Gasteiger partial charge in [-0.2, -0.15) is 11.8 Å². The van der Waals surface area contributed by atoms with Gasteiger partial charge in [-0.1, -0.05) is 13.0 Å². The second-order valence-electron chi connectivity index (χ2n) is 3.71. The van der Waals surface area contributed by atoms with Crippen LogP contribution in [0.2, 0.25) is 0 Å².